The van der Waals surface area contributed by atoms with Crippen molar-refractivity contribution in [2.75, 3.05) is 0 Å². The van der Waals surface area contributed by atoms with Crippen molar-refractivity contribution >= 4 is 23.9 Å². The van der Waals surface area contributed by atoms with Crippen LogP contribution in [0.2, 0.25) is 0 Å². The first kappa shape index (κ1) is 39.5. The van der Waals surface area contributed by atoms with Crippen molar-refractivity contribution in [3.05, 3.63) is 24.3 Å². The maximum absolute atomic E-state index is 11.8. The summed E-state index contributed by atoms with van der Waals surface area (Å²) in [6.07, 6.45) is 11.0. The fraction of sp³-hybridized carbons (Fsp3) is 0.778. The Balaban J connectivity index is 0.000000216. The van der Waals surface area contributed by atoms with Crippen molar-refractivity contribution in [3.63, 3.8) is 0 Å². The van der Waals surface area contributed by atoms with E-state index in [-0.39, 0.29) is 63.3 Å². The molecule has 1 radical (unpaired) electrons. The summed E-state index contributed by atoms with van der Waals surface area (Å²) in [7, 11) is 0. The van der Waals surface area contributed by atoms with Crippen LogP contribution in [-0.2, 0) is 45.7 Å². The molecule has 6 N–H and O–H groups in total. The maximum atomic E-state index is 11.8. The van der Waals surface area contributed by atoms with Gasteiger partial charge < -0.3 is 40.5 Å². The van der Waals surface area contributed by atoms with E-state index in [9.17, 15) is 39.6 Å². The van der Waals surface area contributed by atoms with Gasteiger partial charge in [0.15, 0.2) is 0 Å². The van der Waals surface area contributed by atoms with E-state index in [0.29, 0.717) is 12.8 Å². The van der Waals surface area contributed by atoms with E-state index in [4.69, 9.17) is 9.47 Å². The second-order valence-corrected chi connectivity index (χ2v) is 17.8. The first-order valence-corrected chi connectivity index (χ1v) is 17.1. The largest absolute Gasteiger partial charge is 0.481 e. The molecule has 275 valence electrons. The Morgan fingerprint density at radius 2 is 0.816 bits per heavy atom. The number of hydrogen-bond donors (Lipinski definition) is 6. The summed E-state index contributed by atoms with van der Waals surface area (Å²) in [6.45, 7) is 16.9. The summed E-state index contributed by atoms with van der Waals surface area (Å²) in [6, 6.07) is 0. The third-order valence-corrected chi connectivity index (χ3v) is 11.2. The second-order valence-electron chi connectivity index (χ2n) is 17.8. The Bertz CT molecular complexity index is 1270. The predicted octanol–water partition coefficient (Wildman–Crippen LogP) is 4.08. The molecular weight excluding hydrogens is 675 g/mol. The van der Waals surface area contributed by atoms with Gasteiger partial charge in [0, 0.05) is 39.2 Å². The normalized spacial score (nSPS) is 39.1. The topological polar surface area (TPSA) is 192 Å². The molecule has 2 saturated heterocycles. The molecule has 0 aromatic rings. The number of nitrogens with one attached hydrogen (secondary N) is 2. The number of ether oxygens (including phenoxy) is 2. The third kappa shape index (κ3) is 7.82. The van der Waals surface area contributed by atoms with E-state index in [1.807, 2.05) is 12.2 Å². The summed E-state index contributed by atoms with van der Waals surface area (Å²) in [4.78, 5) is 46.8. The minimum Gasteiger partial charge on any atom is -0.481 e. The van der Waals surface area contributed by atoms with Crippen molar-refractivity contribution in [2.24, 2.45) is 35.5 Å². The zero-order valence-corrected chi connectivity index (χ0v) is 31.0. The number of aliphatic carboxylic acids is 4. The van der Waals surface area contributed by atoms with Gasteiger partial charge in [-0.05, 0) is 106 Å². The van der Waals surface area contributed by atoms with Crippen LogP contribution < -0.4 is 10.6 Å². The molecule has 2 saturated carbocycles. The van der Waals surface area contributed by atoms with Crippen LogP contribution in [0.4, 0.5) is 0 Å². The van der Waals surface area contributed by atoms with Gasteiger partial charge in [-0.25, -0.2) is 0 Å². The van der Waals surface area contributed by atoms with Crippen LogP contribution in [-0.4, -0.2) is 89.9 Å². The van der Waals surface area contributed by atoms with E-state index in [0.717, 1.165) is 25.7 Å². The van der Waals surface area contributed by atoms with E-state index in [1.54, 1.807) is 12.2 Å². The molecule has 4 bridgehead atoms. The molecule has 6 aliphatic rings. The van der Waals surface area contributed by atoms with E-state index in [1.165, 1.54) is 0 Å². The van der Waals surface area contributed by atoms with Crippen LogP contribution in [0, 0.1) is 35.5 Å². The quantitative estimate of drug-likeness (QED) is 0.155. The number of allylic oxidation sites excluding steroid dienone is 2. The van der Waals surface area contributed by atoms with Gasteiger partial charge in [-0.3, -0.25) is 19.2 Å². The minimum absolute atomic E-state index is 0. The Morgan fingerprint density at radius 3 is 1.06 bits per heavy atom. The van der Waals surface area contributed by atoms with Crippen LogP contribution in [0.25, 0.3) is 0 Å². The molecular formula is C36H54MnN2O10. The van der Waals surface area contributed by atoms with Gasteiger partial charge in [-0.1, -0.05) is 24.3 Å². The molecule has 13 heteroatoms. The molecule has 2 heterocycles. The number of carbonyl (C=O) groups is 4. The summed E-state index contributed by atoms with van der Waals surface area (Å²) in [5, 5.41) is 45.4. The number of piperidine rings is 2. The summed E-state index contributed by atoms with van der Waals surface area (Å²) in [5.74, 6) is -8.63. The van der Waals surface area contributed by atoms with Crippen LogP contribution in [0.5, 0.6) is 0 Å². The molecule has 8 atom stereocenters. The molecule has 0 spiro atoms. The predicted molar refractivity (Wildman–Crippen MR) is 175 cm³/mol. The van der Waals surface area contributed by atoms with Gasteiger partial charge in [0.2, 0.25) is 0 Å². The van der Waals surface area contributed by atoms with Crippen molar-refractivity contribution < 1.29 is 66.1 Å². The monoisotopic (exact) mass is 729 g/mol. The van der Waals surface area contributed by atoms with Gasteiger partial charge in [0.1, 0.15) is 23.0 Å². The third-order valence-electron chi connectivity index (χ3n) is 11.2. The Kier molecular flexibility index (Phi) is 10.5. The second kappa shape index (κ2) is 13.0. The zero-order valence-electron chi connectivity index (χ0n) is 29.8. The van der Waals surface area contributed by atoms with Crippen LogP contribution in [0.3, 0.4) is 0 Å². The average Bonchev–Trinajstić information content (AvgIpc) is 3.61. The van der Waals surface area contributed by atoms with Gasteiger partial charge in [-0.2, -0.15) is 0 Å². The molecule has 4 fully saturated rings. The van der Waals surface area contributed by atoms with Crippen molar-refractivity contribution in [1.82, 2.24) is 10.6 Å². The van der Waals surface area contributed by atoms with Crippen molar-refractivity contribution in [1.29, 1.82) is 0 Å². The molecule has 0 amide bonds. The van der Waals surface area contributed by atoms with Gasteiger partial charge in [0.25, 0.3) is 0 Å². The van der Waals surface area contributed by atoms with E-state index < -0.39 is 58.8 Å². The van der Waals surface area contributed by atoms with Gasteiger partial charge in [-0.15, -0.1) is 0 Å². The van der Waals surface area contributed by atoms with Gasteiger partial charge in [0.05, 0.1) is 24.0 Å². The van der Waals surface area contributed by atoms with Crippen molar-refractivity contribution in [3.8, 4) is 0 Å². The zero-order chi connectivity index (χ0) is 35.8. The van der Waals surface area contributed by atoms with Gasteiger partial charge >= 0.3 is 23.9 Å². The number of hydrogen-bond acceptors (Lipinski definition) is 8. The first-order valence-electron chi connectivity index (χ1n) is 17.1. The fourth-order valence-electron chi connectivity index (χ4n) is 10.6. The molecule has 49 heavy (non-hydrogen) atoms. The number of carboxylic acids is 4. The fourth-order valence-corrected chi connectivity index (χ4v) is 10.6. The molecule has 0 aromatic heterocycles. The van der Waals surface area contributed by atoms with Crippen LogP contribution >= 0.6 is 0 Å². The summed E-state index contributed by atoms with van der Waals surface area (Å²) < 4.78 is 12.8. The molecule has 8 unspecified atom stereocenters. The Labute approximate surface area is 299 Å². The minimum atomic E-state index is -1.08. The summed E-state index contributed by atoms with van der Waals surface area (Å²) in [5.41, 5.74) is -2.45. The van der Waals surface area contributed by atoms with E-state index in [2.05, 4.69) is 66.0 Å². The number of rotatable bonds is 8. The van der Waals surface area contributed by atoms with E-state index >= 15 is 0 Å². The Hall–Kier alpha value is -2.28. The molecule has 4 aliphatic carbocycles. The number of fused-ring (bicyclic) bond motifs is 4. The SMILES string of the molecule is CC1(C)CC(OC23C=CC(C2)C(C(=O)O)C3C(=O)O)CC(C)(C)N1.CC1(C)CC(OC23C=CC(C2)C(C(=O)O)C3C(=O)O)CC(C)(C)N1.[Mn]. The molecule has 6 rings (SSSR count). The molecule has 12 nitrogen and oxygen atoms in total. The van der Waals surface area contributed by atoms with Crippen LogP contribution in [0.15, 0.2) is 24.3 Å². The van der Waals surface area contributed by atoms with Crippen LogP contribution in [0.1, 0.15) is 93.9 Å². The molecule has 2 aliphatic heterocycles. The standard InChI is InChI=1S/2C18H27NO5.Mn/c2*1-16(2)8-11(9-17(3,4)19-16)24-18-6-5-10(7-18)12(14(20)21)13(18)15(22)23;/h2*5-6,10-13,19H,7-9H2,1-4H3,(H,20,21)(H,22,23);. The maximum Gasteiger partial charge on any atom is 0.310 e. The molecule has 0 aromatic carbocycles. The van der Waals surface area contributed by atoms with Crippen molar-refractivity contribution in [2.45, 2.75) is 139 Å². The smallest absolute Gasteiger partial charge is 0.310 e. The Morgan fingerprint density at radius 1 is 0.531 bits per heavy atom. The average molecular weight is 730 g/mol. The number of carboxylic acid groups (broad SMARTS) is 4. The summed E-state index contributed by atoms with van der Waals surface area (Å²) >= 11 is 0. The first-order chi connectivity index (χ1) is 21.9.